The van der Waals surface area contributed by atoms with Gasteiger partial charge in [0.2, 0.25) is 0 Å². The summed E-state index contributed by atoms with van der Waals surface area (Å²) in [6.07, 6.45) is 8.14. The molecule has 0 spiro atoms. The van der Waals surface area contributed by atoms with Gasteiger partial charge < -0.3 is 5.11 Å². The first kappa shape index (κ1) is 17.8. The molecule has 7 atom stereocenters. The molecule has 0 unspecified atom stereocenters. The fourth-order valence-corrected chi connectivity index (χ4v) is 7.99. The molecule has 4 aliphatic carbocycles. The van der Waals surface area contributed by atoms with Gasteiger partial charge >= 0.3 is 0 Å². The molecule has 1 N–H and O–H groups in total. The van der Waals surface area contributed by atoms with E-state index in [0.717, 1.165) is 37.0 Å². The number of thioether (sulfide) groups is 1. The number of halogens is 1. The highest BCUT2D eigenvalue weighted by Gasteiger charge is 2.70. The summed E-state index contributed by atoms with van der Waals surface area (Å²) in [7, 11) is 0. The molecule has 0 aromatic carbocycles. The van der Waals surface area contributed by atoms with E-state index < -0.39 is 17.2 Å². The van der Waals surface area contributed by atoms with Crippen molar-refractivity contribution in [3.8, 4) is 0 Å². The number of hydrogen-bond acceptors (Lipinski definition) is 3. The minimum atomic E-state index is -1.66. The quantitative estimate of drug-likeness (QED) is 0.785. The summed E-state index contributed by atoms with van der Waals surface area (Å²) in [6, 6.07) is 0. The van der Waals surface area contributed by atoms with Crippen LogP contribution in [0.2, 0.25) is 0 Å². The van der Waals surface area contributed by atoms with Gasteiger partial charge in [-0.05, 0) is 68.3 Å². The first-order chi connectivity index (χ1) is 11.8. The fourth-order valence-electron chi connectivity index (χ4n) is 6.64. The van der Waals surface area contributed by atoms with E-state index >= 15 is 4.39 Å². The van der Waals surface area contributed by atoms with E-state index in [1.165, 1.54) is 6.08 Å². The number of allylic oxidation sites excluding steroid dienone is 4. The second-order valence-electron chi connectivity index (χ2n) is 8.87. The van der Waals surface area contributed by atoms with Crippen LogP contribution in [0.25, 0.3) is 0 Å². The van der Waals surface area contributed by atoms with Crippen LogP contribution in [-0.2, 0) is 4.79 Å². The molecule has 3 saturated carbocycles. The van der Waals surface area contributed by atoms with Crippen molar-refractivity contribution in [3.63, 3.8) is 0 Å². The second-order valence-corrected chi connectivity index (χ2v) is 10.4. The Bertz CT molecular complexity index is 658. The third kappa shape index (κ3) is 2.16. The molecule has 0 amide bonds. The van der Waals surface area contributed by atoms with Gasteiger partial charge in [0.25, 0.3) is 0 Å². The van der Waals surface area contributed by atoms with Gasteiger partial charge in [-0.1, -0.05) is 25.5 Å². The lowest BCUT2D eigenvalue weighted by Crippen LogP contribution is -2.66. The van der Waals surface area contributed by atoms with Crippen LogP contribution in [0.1, 0.15) is 52.9 Å². The highest BCUT2D eigenvalue weighted by atomic mass is 32.2. The first-order valence-electron chi connectivity index (χ1n) is 9.70. The van der Waals surface area contributed by atoms with Crippen LogP contribution in [0.15, 0.2) is 23.8 Å². The largest absolute Gasteiger partial charge is 0.390 e. The Hall–Kier alpha value is -0.610. The molecule has 0 saturated heterocycles. The minimum absolute atomic E-state index is 0.0200. The predicted octanol–water partition coefficient (Wildman–Crippen LogP) is 4.48. The lowest BCUT2D eigenvalue weighted by molar-refractivity contribution is -0.188. The summed E-state index contributed by atoms with van der Waals surface area (Å²) in [5, 5.41) is 11.6. The van der Waals surface area contributed by atoms with Gasteiger partial charge in [-0.3, -0.25) is 4.79 Å². The smallest absolute Gasteiger partial charge is 0.178 e. The second kappa shape index (κ2) is 5.69. The molecule has 0 radical (unpaired) electrons. The van der Waals surface area contributed by atoms with Crippen molar-refractivity contribution in [3.05, 3.63) is 23.8 Å². The van der Waals surface area contributed by atoms with Crippen molar-refractivity contribution >= 4 is 17.5 Å². The van der Waals surface area contributed by atoms with Gasteiger partial charge in [-0.2, -0.15) is 11.8 Å². The first-order valence-corrected chi connectivity index (χ1v) is 10.7. The molecule has 25 heavy (non-hydrogen) atoms. The Morgan fingerprint density at radius 1 is 1.28 bits per heavy atom. The maximum atomic E-state index is 16.7. The Balaban J connectivity index is 1.77. The fraction of sp³-hybridized carbons (Fsp3) is 0.762. The van der Waals surface area contributed by atoms with Crippen LogP contribution in [0.3, 0.4) is 0 Å². The lowest BCUT2D eigenvalue weighted by Gasteiger charge is -2.62. The summed E-state index contributed by atoms with van der Waals surface area (Å²) in [6.45, 7) is 6.37. The van der Waals surface area contributed by atoms with E-state index in [-0.39, 0.29) is 17.1 Å². The molecule has 0 aliphatic heterocycles. The Kier molecular flexibility index (Phi) is 4.05. The summed E-state index contributed by atoms with van der Waals surface area (Å²) < 4.78 is 16.7. The standard InChI is InChI=1S/C21H29FO2S/c1-4-25-18-8-7-15-16-6-5-13-11-14(23)9-10-20(13,3)21(16,22)17(24)12-19(15,18)2/h9-11,15-18,24H,4-8,12H2,1-3H3/t15-,16-,17-,18+,19-,20-,21-/m0/s1. The monoisotopic (exact) mass is 364 g/mol. The van der Waals surface area contributed by atoms with Gasteiger partial charge in [0.15, 0.2) is 11.5 Å². The zero-order valence-electron chi connectivity index (χ0n) is 15.4. The van der Waals surface area contributed by atoms with Crippen molar-refractivity contribution in [1.29, 1.82) is 0 Å². The molecule has 4 heteroatoms. The summed E-state index contributed by atoms with van der Waals surface area (Å²) >= 11 is 1.98. The van der Waals surface area contributed by atoms with Gasteiger partial charge in [0, 0.05) is 16.6 Å². The Morgan fingerprint density at radius 2 is 2.04 bits per heavy atom. The van der Waals surface area contributed by atoms with E-state index in [4.69, 9.17) is 0 Å². The van der Waals surface area contributed by atoms with Crippen LogP contribution in [0, 0.1) is 22.7 Å². The van der Waals surface area contributed by atoms with Crippen molar-refractivity contribution < 1.29 is 14.3 Å². The number of ketones is 1. The van der Waals surface area contributed by atoms with E-state index in [1.807, 2.05) is 18.7 Å². The molecule has 4 aliphatic rings. The Morgan fingerprint density at radius 3 is 2.76 bits per heavy atom. The number of carbonyl (C=O) groups excluding carboxylic acids is 1. The van der Waals surface area contributed by atoms with Crippen LogP contribution < -0.4 is 0 Å². The van der Waals surface area contributed by atoms with Gasteiger partial charge in [0.05, 0.1) is 6.10 Å². The zero-order chi connectivity index (χ0) is 18.0. The zero-order valence-corrected chi connectivity index (χ0v) is 16.2. The normalized spacial score (nSPS) is 51.6. The number of aliphatic hydroxyl groups is 1. The molecule has 138 valence electrons. The van der Waals surface area contributed by atoms with Crippen LogP contribution in [-0.4, -0.2) is 33.7 Å². The lowest BCUT2D eigenvalue weighted by atomic mass is 9.46. The van der Waals surface area contributed by atoms with Crippen LogP contribution in [0.5, 0.6) is 0 Å². The molecule has 0 bridgehead atoms. The number of rotatable bonds is 2. The molecule has 0 aromatic rings. The van der Waals surface area contributed by atoms with E-state index in [0.29, 0.717) is 17.6 Å². The number of fused-ring (bicyclic) bond motifs is 5. The van der Waals surface area contributed by atoms with Gasteiger partial charge in [0.1, 0.15) is 0 Å². The highest BCUT2D eigenvalue weighted by molar-refractivity contribution is 7.99. The number of alkyl halides is 1. The van der Waals surface area contributed by atoms with Crippen LogP contribution in [0.4, 0.5) is 4.39 Å². The summed E-state index contributed by atoms with van der Waals surface area (Å²) in [4.78, 5) is 11.8. The van der Waals surface area contributed by atoms with Gasteiger partial charge in [-0.15, -0.1) is 0 Å². The SMILES string of the molecule is CCS[C@@H]1CC[C@H]2[C@@H]3CCC4=CC(=O)C=C[C@]4(C)[C@@]3(F)[C@@H](O)C[C@]12C. The molecule has 2 nitrogen and oxygen atoms in total. The minimum Gasteiger partial charge on any atom is -0.390 e. The van der Waals surface area contributed by atoms with E-state index in [2.05, 4.69) is 13.8 Å². The van der Waals surface area contributed by atoms with Crippen LogP contribution >= 0.6 is 11.8 Å². The van der Waals surface area contributed by atoms with E-state index in [9.17, 15) is 9.90 Å². The average Bonchev–Trinajstić information content (AvgIpc) is 2.87. The molecule has 0 heterocycles. The predicted molar refractivity (Wildman–Crippen MR) is 100 cm³/mol. The molecule has 0 aromatic heterocycles. The topological polar surface area (TPSA) is 37.3 Å². The Labute approximate surface area is 154 Å². The molecule has 3 fully saturated rings. The molecular weight excluding hydrogens is 335 g/mol. The van der Waals surface area contributed by atoms with Gasteiger partial charge in [-0.25, -0.2) is 4.39 Å². The molecule has 4 rings (SSSR count). The van der Waals surface area contributed by atoms with Crippen molar-refractivity contribution in [2.75, 3.05) is 5.75 Å². The third-order valence-electron chi connectivity index (χ3n) is 7.92. The maximum absolute atomic E-state index is 16.7. The average molecular weight is 365 g/mol. The number of aliphatic hydroxyl groups excluding tert-OH is 1. The highest BCUT2D eigenvalue weighted by Crippen LogP contribution is 2.68. The third-order valence-corrected chi connectivity index (χ3v) is 9.43. The van der Waals surface area contributed by atoms with E-state index in [1.54, 1.807) is 12.2 Å². The van der Waals surface area contributed by atoms with Crippen molar-refractivity contribution in [2.24, 2.45) is 22.7 Å². The molecular formula is C21H29FO2S. The maximum Gasteiger partial charge on any atom is 0.178 e. The number of hydrogen-bond donors (Lipinski definition) is 1. The van der Waals surface area contributed by atoms with Crippen molar-refractivity contribution in [1.82, 2.24) is 0 Å². The summed E-state index contributed by atoms with van der Waals surface area (Å²) in [5.74, 6) is 1.23. The van der Waals surface area contributed by atoms with Crippen molar-refractivity contribution in [2.45, 2.75) is 69.9 Å². The summed E-state index contributed by atoms with van der Waals surface area (Å²) in [5.41, 5.74) is -1.62. The number of carbonyl (C=O) groups is 1.